The lowest BCUT2D eigenvalue weighted by Crippen LogP contribution is -2.63. The number of carbonyl (C=O) groups excluding carboxylic acids is 9. The van der Waals surface area contributed by atoms with Crippen molar-refractivity contribution in [1.82, 2.24) is 26.2 Å². The molecular weight excluding hydrogens is 1240 g/mol. The first-order valence-corrected chi connectivity index (χ1v) is 33.3. The molecular formula is C70H103ClN8O16. The smallest absolute Gasteiger partial charge is 0.409 e. The van der Waals surface area contributed by atoms with E-state index < -0.39 is 125 Å². The van der Waals surface area contributed by atoms with Crippen LogP contribution >= 0.6 is 11.6 Å². The molecule has 3 aliphatic heterocycles. The van der Waals surface area contributed by atoms with Gasteiger partial charge in [-0.1, -0.05) is 94.3 Å². The van der Waals surface area contributed by atoms with Crippen molar-refractivity contribution < 1.29 is 76.7 Å². The van der Waals surface area contributed by atoms with Crippen molar-refractivity contribution in [2.45, 2.75) is 219 Å². The lowest BCUT2D eigenvalue weighted by Gasteiger charge is -2.42. The maximum Gasteiger partial charge on any atom is 0.409 e. The molecule has 5 unspecified atom stereocenters. The molecule has 0 saturated carbocycles. The third kappa shape index (κ3) is 20.8. The number of primary amides is 1. The summed E-state index contributed by atoms with van der Waals surface area (Å²) in [6.07, 6.45) is 9.14. The quantitative estimate of drug-likeness (QED) is 0.00959. The Morgan fingerprint density at radius 3 is 2.36 bits per heavy atom. The first-order chi connectivity index (χ1) is 44.8. The van der Waals surface area contributed by atoms with Gasteiger partial charge in [0.05, 0.1) is 60.2 Å². The van der Waals surface area contributed by atoms with Gasteiger partial charge < -0.3 is 69.8 Å². The van der Waals surface area contributed by atoms with Gasteiger partial charge in [-0.15, -0.1) is 0 Å². The zero-order chi connectivity index (χ0) is 70.7. The number of methoxy groups -OCH3 is 2. The normalized spacial score (nSPS) is 24.8. The molecule has 0 spiro atoms. The number of hydrogen-bond donors (Lipinski definition) is 7. The molecule has 95 heavy (non-hydrogen) atoms. The molecule has 3 heterocycles. The van der Waals surface area contributed by atoms with Gasteiger partial charge in [0.2, 0.25) is 17.7 Å². The van der Waals surface area contributed by atoms with Crippen molar-refractivity contribution >= 4 is 77.0 Å². The number of carbonyl (C=O) groups is 9. The monoisotopic (exact) mass is 1350 g/mol. The SMILES string of the molecule is C/C=C\CCCC(C)C(C)(CC)C(=O)OC(C)CCCC(C=O)N[C@H](C(=O)N[C@@H](CCCNC(N)=O)C(=O)Nc1ccccc1C(=O)N(C)C(C)C(=O)O[C@H]1CC(=O)N(C)c2cc(cc(OC)c2Cl)C/C(C)=C/C=C/[C@@H](OC)[C@@]2(O)C[C@H](OC(=O)N2)[C@@H](C)[C@@H]2O[C@@]12C)C(C)C. The first kappa shape index (κ1) is 78.3. The molecule has 2 aromatic carbocycles. The van der Waals surface area contributed by atoms with Crippen LogP contribution in [0, 0.1) is 23.2 Å². The Bertz CT molecular complexity index is 3120. The highest BCUT2D eigenvalue weighted by molar-refractivity contribution is 6.35. The second kappa shape index (κ2) is 35.6. The highest BCUT2D eigenvalue weighted by Gasteiger charge is 2.64. The van der Waals surface area contributed by atoms with Crippen LogP contribution in [0.15, 0.2) is 72.4 Å². The number of hydrogen-bond acceptors (Lipinski definition) is 17. The number of rotatable bonds is 30. The Morgan fingerprint density at radius 2 is 1.72 bits per heavy atom. The number of nitrogens with two attached hydrogens (primary N) is 1. The van der Waals surface area contributed by atoms with Crippen molar-refractivity contribution in [3.05, 3.63) is 88.5 Å². The molecule has 526 valence electrons. The minimum absolute atomic E-state index is 0.00885. The number of unbranched alkanes of at least 4 members (excludes halogenated alkanes) is 1. The first-order valence-electron chi connectivity index (χ1n) is 33.0. The van der Waals surface area contributed by atoms with Crippen LogP contribution in [0.1, 0.15) is 163 Å². The second-order valence-electron chi connectivity index (χ2n) is 26.3. The van der Waals surface area contributed by atoms with E-state index in [-0.39, 0.29) is 59.9 Å². The van der Waals surface area contributed by atoms with Crippen LogP contribution in [0.4, 0.5) is 21.0 Å². The molecule has 2 fully saturated rings. The fourth-order valence-electron chi connectivity index (χ4n) is 12.1. The average molecular weight is 1350 g/mol. The number of aldehydes is 1. The molecule has 14 atom stereocenters. The minimum Gasteiger partial charge on any atom is -0.495 e. The number of likely N-dealkylation sites (N-methyl/N-ethyl adjacent to an activating group) is 1. The third-order valence-corrected chi connectivity index (χ3v) is 19.3. The number of anilines is 2. The Morgan fingerprint density at radius 1 is 1.01 bits per heavy atom. The van der Waals surface area contributed by atoms with Gasteiger partial charge in [0.25, 0.3) is 5.91 Å². The lowest BCUT2D eigenvalue weighted by molar-refractivity contribution is -0.164. The fourth-order valence-corrected chi connectivity index (χ4v) is 12.4. The number of nitrogens with zero attached hydrogens (tertiary/aromatic N) is 2. The number of aliphatic hydroxyl groups is 1. The van der Waals surface area contributed by atoms with Gasteiger partial charge in [-0.2, -0.15) is 0 Å². The Labute approximate surface area is 564 Å². The van der Waals surface area contributed by atoms with E-state index in [0.29, 0.717) is 43.5 Å². The van der Waals surface area contributed by atoms with Gasteiger partial charge in [-0.25, -0.2) is 14.4 Å². The summed E-state index contributed by atoms with van der Waals surface area (Å²) >= 11 is 6.89. The van der Waals surface area contributed by atoms with E-state index >= 15 is 0 Å². The van der Waals surface area contributed by atoms with Crippen molar-refractivity contribution in [3.8, 4) is 5.75 Å². The van der Waals surface area contributed by atoms with Crippen LogP contribution in [0.3, 0.4) is 0 Å². The number of fused-ring (bicyclic) bond motifs is 5. The zero-order valence-electron chi connectivity index (χ0n) is 58.0. The van der Waals surface area contributed by atoms with E-state index in [1.54, 1.807) is 64.1 Å². The topological polar surface area (TPSA) is 325 Å². The lowest BCUT2D eigenvalue weighted by atomic mass is 9.73. The van der Waals surface area contributed by atoms with Gasteiger partial charge in [-0.3, -0.25) is 34.6 Å². The zero-order valence-corrected chi connectivity index (χ0v) is 58.7. The van der Waals surface area contributed by atoms with E-state index in [2.05, 4.69) is 39.6 Å². The van der Waals surface area contributed by atoms with E-state index in [9.17, 15) is 48.3 Å². The molecule has 24 nitrogen and oxygen atoms in total. The number of allylic oxidation sites excluding steroid dienone is 5. The Kier molecular flexibility index (Phi) is 29.3. The number of urea groups is 1. The predicted molar refractivity (Wildman–Crippen MR) is 361 cm³/mol. The number of ether oxygens (including phenoxy) is 6. The Balaban J connectivity index is 1.34. The molecule has 4 bridgehead atoms. The van der Waals surface area contributed by atoms with Crippen LogP contribution in [0.25, 0.3) is 0 Å². The fraction of sp³-hybridized carbons (Fsp3) is 0.614. The summed E-state index contributed by atoms with van der Waals surface area (Å²) in [5.41, 5.74) is 3.21. The minimum atomic E-state index is -1.93. The highest BCUT2D eigenvalue weighted by Crippen LogP contribution is 2.49. The predicted octanol–water partition coefficient (Wildman–Crippen LogP) is 8.78. The van der Waals surface area contributed by atoms with Crippen molar-refractivity contribution in [3.63, 3.8) is 0 Å². The average Bonchev–Trinajstić information content (AvgIpc) is 1.58. The molecule has 0 aromatic heterocycles. The van der Waals surface area contributed by atoms with Crippen LogP contribution < -0.4 is 42.0 Å². The number of para-hydroxylation sites is 1. The molecule has 5 rings (SSSR count). The van der Waals surface area contributed by atoms with Crippen LogP contribution in [0.2, 0.25) is 5.02 Å². The van der Waals surface area contributed by atoms with Gasteiger partial charge in [0, 0.05) is 40.1 Å². The largest absolute Gasteiger partial charge is 0.495 e. The van der Waals surface area contributed by atoms with Gasteiger partial charge in [0.1, 0.15) is 53.1 Å². The molecule has 8 N–H and O–H groups in total. The molecule has 25 heteroatoms. The number of benzene rings is 2. The van der Waals surface area contributed by atoms with Gasteiger partial charge in [0.15, 0.2) is 5.72 Å². The molecule has 3 aliphatic rings. The van der Waals surface area contributed by atoms with Crippen LogP contribution in [-0.4, -0.2) is 165 Å². The van der Waals surface area contributed by atoms with Crippen molar-refractivity contribution in [2.75, 3.05) is 45.1 Å². The van der Waals surface area contributed by atoms with E-state index in [1.165, 1.54) is 52.3 Å². The summed E-state index contributed by atoms with van der Waals surface area (Å²) in [6, 6.07) is 4.40. The molecule has 0 radical (unpaired) electrons. The van der Waals surface area contributed by atoms with Gasteiger partial charge >= 0.3 is 24.1 Å². The van der Waals surface area contributed by atoms with Crippen LogP contribution in [0.5, 0.6) is 5.75 Å². The van der Waals surface area contributed by atoms with Gasteiger partial charge in [-0.05, 0) is 147 Å². The number of epoxide rings is 1. The van der Waals surface area contributed by atoms with Crippen LogP contribution in [-0.2, 0) is 58.9 Å². The number of amides is 7. The highest BCUT2D eigenvalue weighted by atomic mass is 35.5. The maximum absolute atomic E-state index is 14.7. The molecule has 2 aromatic rings. The summed E-state index contributed by atoms with van der Waals surface area (Å²) in [5.74, 6) is -4.45. The Hall–Kier alpha value is -7.38. The summed E-state index contributed by atoms with van der Waals surface area (Å²) in [6.45, 7) is 20.2. The summed E-state index contributed by atoms with van der Waals surface area (Å²) in [4.78, 5) is 126. The molecule has 7 amide bonds. The number of esters is 2. The summed E-state index contributed by atoms with van der Waals surface area (Å²) in [5, 5.41) is 25.9. The number of alkyl carbamates (subject to hydrolysis) is 1. The molecule has 0 aliphatic carbocycles. The van der Waals surface area contributed by atoms with E-state index in [1.807, 2.05) is 46.8 Å². The van der Waals surface area contributed by atoms with E-state index in [4.69, 9.17) is 45.8 Å². The number of nitrogens with one attached hydrogen (secondary N) is 5. The standard InChI is InChI=1S/C70H103ClN8O16/c1-16-18-19-20-27-43(6)68(10,17-2)65(86)92-44(7)28-24-29-48(40-80)74-59(41(3)4)62(83)76-51(32-25-34-73-66(72)87)61(82)75-50-31-22-21-30-49(50)63(84)78(12)46(9)64(85)94-56-38-57(81)79(13)52-36-47(37-53(90-14)58(52)71)35-42(5)26-23-33-55(91-15)70(89)39-54(93-67(88)77-70)45(8)60-69(56,11)95-60/h16,18,21-23,26,30-31,33,36-37,40-41,43-46,48,51,54-56,59-60,74,89H,17,19-20,24-25,27-29,32,34-35,38-39H2,1-15H3,(H,75,82)(H,76,83)(H,77,88)(H3,72,73,87)/b18-16-,33-23+,42-26+/t43?,44?,45-,46?,48?,51+,54+,55-,56+,59+,60+,68?,69+,70+/m1/s1. The van der Waals surface area contributed by atoms with Crippen molar-refractivity contribution in [1.29, 1.82) is 0 Å². The maximum atomic E-state index is 14.7. The third-order valence-electron chi connectivity index (χ3n) is 18.9. The molecule has 2 saturated heterocycles. The summed E-state index contributed by atoms with van der Waals surface area (Å²) in [7, 11) is 5.73. The summed E-state index contributed by atoms with van der Waals surface area (Å²) < 4.78 is 35.7. The second-order valence-corrected chi connectivity index (χ2v) is 26.7. The number of halogens is 1. The van der Waals surface area contributed by atoms with E-state index in [0.717, 1.165) is 41.6 Å². The van der Waals surface area contributed by atoms with Crippen molar-refractivity contribution in [2.24, 2.45) is 28.9 Å².